The Bertz CT molecular complexity index is 1670. The number of benzene rings is 2. The molecule has 1 aromatic heterocycles. The summed E-state index contributed by atoms with van der Waals surface area (Å²) in [6, 6.07) is 13.8. The summed E-state index contributed by atoms with van der Waals surface area (Å²) in [5.74, 6) is 0.522. The van der Waals surface area contributed by atoms with Crippen LogP contribution in [0.3, 0.4) is 0 Å². The van der Waals surface area contributed by atoms with E-state index in [1.54, 1.807) is 4.90 Å². The van der Waals surface area contributed by atoms with Crippen molar-refractivity contribution >= 4 is 17.7 Å². The summed E-state index contributed by atoms with van der Waals surface area (Å²) in [4.78, 5) is 46.2. The lowest BCUT2D eigenvalue weighted by molar-refractivity contribution is -0.130. The summed E-state index contributed by atoms with van der Waals surface area (Å²) < 4.78 is 0. The van der Waals surface area contributed by atoms with Gasteiger partial charge in [-0.05, 0) is 124 Å². The number of amides is 3. The zero-order chi connectivity index (χ0) is 34.7. The number of aryl methyl sites for hydroxylation is 2. The summed E-state index contributed by atoms with van der Waals surface area (Å²) >= 11 is 0. The molecular formula is C38H47N9O3. The quantitative estimate of drug-likeness (QED) is 0.366. The molecule has 0 saturated carbocycles. The van der Waals surface area contributed by atoms with Gasteiger partial charge in [0.25, 0.3) is 11.8 Å². The third-order valence-corrected chi connectivity index (χ3v) is 11.2. The normalized spacial score (nSPS) is 20.7. The van der Waals surface area contributed by atoms with Gasteiger partial charge in [-0.1, -0.05) is 17.3 Å². The number of carbonyl (C=O) groups excluding carboxylic acids is 3. The van der Waals surface area contributed by atoms with Crippen molar-refractivity contribution in [3.05, 3.63) is 75.6 Å². The topological polar surface area (TPSA) is 151 Å². The molecule has 3 aliphatic heterocycles. The Morgan fingerprint density at radius 1 is 0.880 bits per heavy atom. The first-order valence-electron chi connectivity index (χ1n) is 18.4. The highest BCUT2D eigenvalue weighted by Crippen LogP contribution is 2.47. The predicted octanol–water partition coefficient (Wildman–Crippen LogP) is 3.77. The van der Waals surface area contributed by atoms with Crippen LogP contribution >= 0.6 is 0 Å². The van der Waals surface area contributed by atoms with Crippen LogP contribution in [0.2, 0.25) is 0 Å². The molecule has 2 aromatic carbocycles. The van der Waals surface area contributed by atoms with E-state index in [4.69, 9.17) is 0 Å². The van der Waals surface area contributed by atoms with Gasteiger partial charge in [-0.25, -0.2) is 0 Å². The number of nitrogens with zero attached hydrogens (tertiary/aromatic N) is 7. The molecule has 0 bridgehead atoms. The van der Waals surface area contributed by atoms with Crippen LogP contribution in [0, 0.1) is 11.3 Å². The Hall–Kier alpha value is -4.63. The smallest absolute Gasteiger partial charge is 0.253 e. The second-order valence-corrected chi connectivity index (χ2v) is 14.5. The second kappa shape index (κ2) is 14.7. The minimum atomic E-state index is -0.897. The molecule has 3 saturated heterocycles. The van der Waals surface area contributed by atoms with Crippen LogP contribution in [-0.4, -0.2) is 104 Å². The third kappa shape index (κ3) is 6.51. The van der Waals surface area contributed by atoms with Crippen LogP contribution in [0.4, 0.5) is 0 Å². The molecular weight excluding hydrogens is 630 g/mol. The fraction of sp³-hybridized carbons (Fsp3) is 0.553. The van der Waals surface area contributed by atoms with Gasteiger partial charge in [0.15, 0.2) is 5.82 Å². The first-order chi connectivity index (χ1) is 24.4. The standard InChI is InChI=1S/C38H47N9O3/c1-26(40-25-34(48)47-20-8-9-31(47)24-39)23-38(37-41-43-44-42-37)32-14-12-29(35(49)45-16-4-2-5-17-45)21-27(32)10-11-28-22-30(13-15-33(28)38)36(50)46-18-6-3-7-19-46/h12-15,21-22,26,31,40H,2-11,16-20,23,25H2,1H3,(H,41,42,43,44)/t26-,31-/m0/s1. The Balaban J connectivity index is 1.28. The van der Waals surface area contributed by atoms with Gasteiger partial charge in [0.2, 0.25) is 5.91 Å². The molecule has 2 N–H and O–H groups in total. The van der Waals surface area contributed by atoms with Crippen LogP contribution in [0.1, 0.15) is 114 Å². The first-order valence-corrected chi connectivity index (χ1v) is 18.4. The number of hydrogen-bond acceptors (Lipinski definition) is 8. The van der Waals surface area contributed by atoms with Gasteiger partial charge in [-0.15, -0.1) is 10.2 Å². The molecule has 3 aromatic rings. The van der Waals surface area contributed by atoms with E-state index in [0.717, 1.165) is 93.4 Å². The van der Waals surface area contributed by atoms with Crippen LogP contribution in [-0.2, 0) is 23.1 Å². The number of H-pyrrole nitrogens is 1. The van der Waals surface area contributed by atoms with Crippen LogP contribution in [0.25, 0.3) is 0 Å². The number of nitriles is 1. The highest BCUT2D eigenvalue weighted by atomic mass is 16.2. The maximum Gasteiger partial charge on any atom is 0.253 e. The van der Waals surface area contributed by atoms with Crippen molar-refractivity contribution < 1.29 is 14.4 Å². The molecule has 7 rings (SSSR count). The Morgan fingerprint density at radius 2 is 1.46 bits per heavy atom. The van der Waals surface area contributed by atoms with Crippen molar-refractivity contribution in [1.29, 1.82) is 5.26 Å². The zero-order valence-electron chi connectivity index (χ0n) is 29.0. The Kier molecular flexibility index (Phi) is 9.95. The van der Waals surface area contributed by atoms with E-state index >= 15 is 0 Å². The lowest BCUT2D eigenvalue weighted by Crippen LogP contribution is -2.45. The van der Waals surface area contributed by atoms with Gasteiger partial charge in [0, 0.05) is 49.9 Å². The van der Waals surface area contributed by atoms with E-state index < -0.39 is 5.41 Å². The summed E-state index contributed by atoms with van der Waals surface area (Å²) in [5.41, 5.74) is 4.51. The summed E-state index contributed by atoms with van der Waals surface area (Å²) in [6.45, 7) is 5.85. The molecule has 3 fully saturated rings. The molecule has 4 heterocycles. The fourth-order valence-corrected chi connectivity index (χ4v) is 8.66. The molecule has 2 atom stereocenters. The van der Waals surface area contributed by atoms with Gasteiger partial charge >= 0.3 is 0 Å². The Labute approximate surface area is 293 Å². The van der Waals surface area contributed by atoms with E-state index in [1.807, 2.05) is 41.0 Å². The number of tetrazole rings is 1. The Morgan fingerprint density at radius 3 is 1.98 bits per heavy atom. The minimum Gasteiger partial charge on any atom is -0.339 e. The van der Waals surface area contributed by atoms with E-state index in [0.29, 0.717) is 49.2 Å². The predicted molar refractivity (Wildman–Crippen MR) is 186 cm³/mol. The lowest BCUT2D eigenvalue weighted by Gasteiger charge is -2.37. The molecule has 12 nitrogen and oxygen atoms in total. The number of aromatic amines is 1. The van der Waals surface area contributed by atoms with Crippen LogP contribution in [0.15, 0.2) is 36.4 Å². The molecule has 1 aliphatic carbocycles. The number of carbonyl (C=O) groups is 3. The number of rotatable bonds is 8. The first kappa shape index (κ1) is 33.8. The average molecular weight is 678 g/mol. The van der Waals surface area contributed by atoms with Crippen molar-refractivity contribution in [2.75, 3.05) is 39.3 Å². The van der Waals surface area contributed by atoms with Gasteiger partial charge < -0.3 is 20.0 Å². The molecule has 3 amide bonds. The molecule has 4 aliphatic rings. The van der Waals surface area contributed by atoms with Crippen molar-refractivity contribution in [2.45, 2.75) is 95.1 Å². The molecule has 0 spiro atoms. The van der Waals surface area contributed by atoms with Crippen LogP contribution in [0.5, 0.6) is 0 Å². The number of aromatic nitrogens is 4. The minimum absolute atomic E-state index is 0.0555. The average Bonchev–Trinajstić information content (AvgIpc) is 3.87. The van der Waals surface area contributed by atoms with Crippen molar-refractivity contribution in [2.24, 2.45) is 0 Å². The van der Waals surface area contributed by atoms with Crippen LogP contribution < -0.4 is 5.32 Å². The summed E-state index contributed by atoms with van der Waals surface area (Å²) in [5, 5.41) is 28.9. The summed E-state index contributed by atoms with van der Waals surface area (Å²) in [7, 11) is 0. The van der Waals surface area contributed by atoms with Crippen molar-refractivity contribution in [1.82, 2.24) is 40.6 Å². The largest absolute Gasteiger partial charge is 0.339 e. The fourth-order valence-electron chi connectivity index (χ4n) is 8.66. The van der Waals surface area contributed by atoms with Crippen molar-refractivity contribution in [3.8, 4) is 6.07 Å². The molecule has 12 heteroatoms. The van der Waals surface area contributed by atoms with E-state index in [1.165, 1.54) is 0 Å². The molecule has 262 valence electrons. The molecule has 0 unspecified atom stereocenters. The van der Waals surface area contributed by atoms with E-state index in [-0.39, 0.29) is 36.3 Å². The summed E-state index contributed by atoms with van der Waals surface area (Å²) in [6.07, 6.45) is 9.76. The maximum atomic E-state index is 13.7. The molecule has 0 radical (unpaired) electrons. The van der Waals surface area contributed by atoms with Gasteiger partial charge in [0.05, 0.1) is 18.0 Å². The number of likely N-dealkylation sites (tertiary alicyclic amines) is 3. The van der Waals surface area contributed by atoms with E-state index in [2.05, 4.69) is 44.1 Å². The third-order valence-electron chi connectivity index (χ3n) is 11.2. The maximum absolute atomic E-state index is 13.7. The van der Waals surface area contributed by atoms with Crippen molar-refractivity contribution in [3.63, 3.8) is 0 Å². The molecule has 50 heavy (non-hydrogen) atoms. The van der Waals surface area contributed by atoms with E-state index in [9.17, 15) is 19.6 Å². The van der Waals surface area contributed by atoms with Gasteiger partial charge in [-0.2, -0.15) is 10.5 Å². The number of piperidine rings is 2. The number of fused-ring (bicyclic) bond motifs is 2. The lowest BCUT2D eigenvalue weighted by atomic mass is 9.67. The number of hydrogen-bond donors (Lipinski definition) is 2. The highest BCUT2D eigenvalue weighted by Gasteiger charge is 2.46. The zero-order valence-corrected chi connectivity index (χ0v) is 29.0. The second-order valence-electron chi connectivity index (χ2n) is 14.5. The monoisotopic (exact) mass is 677 g/mol. The highest BCUT2D eigenvalue weighted by molar-refractivity contribution is 5.95. The van der Waals surface area contributed by atoms with Gasteiger partial charge in [-0.3, -0.25) is 14.4 Å². The number of nitrogens with one attached hydrogen (secondary N) is 2. The SMILES string of the molecule is C[C@@H](CC1(c2nn[nH]n2)c2ccc(C(=O)N3CCCCC3)cc2CCc2cc(C(=O)N3CCCCC3)ccc21)NCC(=O)N1CCC[C@H]1C#N. The van der Waals surface area contributed by atoms with Gasteiger partial charge in [0.1, 0.15) is 6.04 Å².